The second-order valence-corrected chi connectivity index (χ2v) is 7.63. The first-order chi connectivity index (χ1) is 9.79. The van der Waals surface area contributed by atoms with Crippen LogP contribution in [-0.2, 0) is 4.79 Å². The van der Waals surface area contributed by atoms with Crippen LogP contribution < -0.4 is 5.32 Å². The number of carboxylic acid groups (broad SMARTS) is 1. The van der Waals surface area contributed by atoms with Gasteiger partial charge in [0.15, 0.2) is 0 Å². The summed E-state index contributed by atoms with van der Waals surface area (Å²) in [6.45, 7) is 7.04. The standard InChI is InChI=1S/C16H28N2O3/c1-16(2,3)13(14(19)20)17-15(21)18-9-8-11-6-4-5-7-12(11)10-18/h11-13H,4-10H2,1-3H3,(H,17,21)(H,19,20)/t11?,12?,13-/m0/s1. The molecule has 0 bridgehead atoms. The molecule has 3 atom stereocenters. The minimum atomic E-state index is -0.969. The Labute approximate surface area is 127 Å². The minimum absolute atomic E-state index is 0.221. The van der Waals surface area contributed by atoms with E-state index < -0.39 is 17.4 Å². The third-order valence-electron chi connectivity index (χ3n) is 4.96. The second kappa shape index (κ2) is 6.24. The van der Waals surface area contributed by atoms with Crippen molar-refractivity contribution < 1.29 is 14.7 Å². The molecule has 21 heavy (non-hydrogen) atoms. The van der Waals surface area contributed by atoms with Crippen LogP contribution in [0.4, 0.5) is 4.79 Å². The van der Waals surface area contributed by atoms with Crippen molar-refractivity contribution in [3.63, 3.8) is 0 Å². The molecule has 2 amide bonds. The van der Waals surface area contributed by atoms with Crippen molar-refractivity contribution in [1.29, 1.82) is 0 Å². The average Bonchev–Trinajstić information content (AvgIpc) is 2.42. The molecular weight excluding hydrogens is 268 g/mol. The molecule has 5 heteroatoms. The summed E-state index contributed by atoms with van der Waals surface area (Å²) in [4.78, 5) is 25.6. The summed E-state index contributed by atoms with van der Waals surface area (Å²) in [5, 5.41) is 12.0. The summed E-state index contributed by atoms with van der Waals surface area (Å²) in [7, 11) is 0. The molecule has 1 aliphatic heterocycles. The predicted octanol–water partition coefficient (Wildman–Crippen LogP) is 2.71. The van der Waals surface area contributed by atoms with Crippen molar-refractivity contribution in [2.75, 3.05) is 13.1 Å². The van der Waals surface area contributed by atoms with E-state index in [1.807, 2.05) is 25.7 Å². The van der Waals surface area contributed by atoms with E-state index in [9.17, 15) is 14.7 Å². The van der Waals surface area contributed by atoms with Gasteiger partial charge in [-0.1, -0.05) is 40.0 Å². The molecule has 0 aromatic heterocycles. The van der Waals surface area contributed by atoms with Crippen molar-refractivity contribution in [2.24, 2.45) is 17.3 Å². The number of hydrogen-bond acceptors (Lipinski definition) is 2. The zero-order valence-electron chi connectivity index (χ0n) is 13.4. The molecule has 0 aromatic rings. The molecule has 2 aliphatic rings. The first-order valence-electron chi connectivity index (χ1n) is 8.07. The predicted molar refractivity (Wildman–Crippen MR) is 81.0 cm³/mol. The van der Waals surface area contributed by atoms with E-state index in [1.165, 1.54) is 25.7 Å². The molecule has 2 unspecified atom stereocenters. The lowest BCUT2D eigenvalue weighted by molar-refractivity contribution is -0.142. The van der Waals surface area contributed by atoms with Gasteiger partial charge in [0.1, 0.15) is 6.04 Å². The summed E-state index contributed by atoms with van der Waals surface area (Å²) >= 11 is 0. The highest BCUT2D eigenvalue weighted by atomic mass is 16.4. The number of amides is 2. The van der Waals surface area contributed by atoms with Crippen molar-refractivity contribution in [1.82, 2.24) is 10.2 Å². The summed E-state index contributed by atoms with van der Waals surface area (Å²) in [5.74, 6) is 0.403. The van der Waals surface area contributed by atoms with Gasteiger partial charge in [-0.25, -0.2) is 9.59 Å². The van der Waals surface area contributed by atoms with E-state index in [-0.39, 0.29) is 6.03 Å². The Morgan fingerprint density at radius 2 is 1.76 bits per heavy atom. The highest BCUT2D eigenvalue weighted by Crippen LogP contribution is 2.36. The molecule has 0 aromatic carbocycles. The van der Waals surface area contributed by atoms with Crippen molar-refractivity contribution in [2.45, 2.75) is 58.9 Å². The summed E-state index contributed by atoms with van der Waals surface area (Å²) in [6.07, 6.45) is 6.14. The lowest BCUT2D eigenvalue weighted by Gasteiger charge is -2.42. The van der Waals surface area contributed by atoms with E-state index in [2.05, 4.69) is 5.32 Å². The number of carboxylic acids is 1. The fourth-order valence-corrected chi connectivity index (χ4v) is 3.65. The Kier molecular flexibility index (Phi) is 4.79. The first kappa shape index (κ1) is 16.1. The summed E-state index contributed by atoms with van der Waals surface area (Å²) < 4.78 is 0. The lowest BCUT2D eigenvalue weighted by atomic mass is 9.75. The van der Waals surface area contributed by atoms with Crippen LogP contribution in [0.25, 0.3) is 0 Å². The van der Waals surface area contributed by atoms with Crippen molar-refractivity contribution in [3.8, 4) is 0 Å². The maximum absolute atomic E-state index is 12.4. The van der Waals surface area contributed by atoms with E-state index in [1.54, 1.807) is 0 Å². The highest BCUT2D eigenvalue weighted by Gasteiger charge is 2.37. The summed E-state index contributed by atoms with van der Waals surface area (Å²) in [5.41, 5.74) is -0.495. The number of nitrogens with zero attached hydrogens (tertiary/aromatic N) is 1. The fourth-order valence-electron chi connectivity index (χ4n) is 3.65. The molecule has 1 saturated carbocycles. The van der Waals surface area contributed by atoms with Gasteiger partial charge in [-0.15, -0.1) is 0 Å². The van der Waals surface area contributed by atoms with Crippen molar-refractivity contribution in [3.05, 3.63) is 0 Å². The molecular formula is C16H28N2O3. The molecule has 2 N–H and O–H groups in total. The SMILES string of the molecule is CC(C)(C)[C@@H](NC(=O)N1CCC2CCCCC2C1)C(=O)O. The monoisotopic (exact) mass is 296 g/mol. The zero-order valence-corrected chi connectivity index (χ0v) is 13.4. The molecule has 2 fully saturated rings. The molecule has 0 radical (unpaired) electrons. The van der Waals surface area contributed by atoms with Crippen LogP contribution in [0.2, 0.25) is 0 Å². The Balaban J connectivity index is 1.95. The number of rotatable bonds is 2. The molecule has 1 saturated heterocycles. The largest absolute Gasteiger partial charge is 0.480 e. The zero-order chi connectivity index (χ0) is 15.6. The van der Waals surface area contributed by atoms with Crippen LogP contribution in [0.1, 0.15) is 52.9 Å². The lowest BCUT2D eigenvalue weighted by Crippen LogP contribution is -2.55. The van der Waals surface area contributed by atoms with Gasteiger partial charge in [-0.3, -0.25) is 0 Å². The Morgan fingerprint density at radius 3 is 2.33 bits per heavy atom. The van der Waals surface area contributed by atoms with Gasteiger partial charge >= 0.3 is 12.0 Å². The van der Waals surface area contributed by atoms with Gasteiger partial charge in [0.2, 0.25) is 0 Å². The van der Waals surface area contributed by atoms with Crippen LogP contribution in [0, 0.1) is 17.3 Å². The van der Waals surface area contributed by atoms with Crippen LogP contribution in [0.3, 0.4) is 0 Å². The maximum Gasteiger partial charge on any atom is 0.326 e. The van der Waals surface area contributed by atoms with E-state index in [0.717, 1.165) is 25.4 Å². The van der Waals surface area contributed by atoms with Gasteiger partial charge in [0, 0.05) is 13.1 Å². The second-order valence-electron chi connectivity index (χ2n) is 7.63. The third kappa shape index (κ3) is 3.89. The first-order valence-corrected chi connectivity index (χ1v) is 8.07. The normalized spacial score (nSPS) is 27.7. The number of hydrogen-bond donors (Lipinski definition) is 2. The van der Waals surface area contributed by atoms with Crippen LogP contribution >= 0.6 is 0 Å². The molecule has 1 aliphatic carbocycles. The highest BCUT2D eigenvalue weighted by molar-refractivity contribution is 5.83. The van der Waals surface area contributed by atoms with Crippen LogP contribution in [-0.4, -0.2) is 41.1 Å². The minimum Gasteiger partial charge on any atom is -0.480 e. The number of carbonyl (C=O) groups excluding carboxylic acids is 1. The van der Waals surface area contributed by atoms with E-state index >= 15 is 0 Å². The number of carbonyl (C=O) groups is 2. The topological polar surface area (TPSA) is 69.6 Å². The molecule has 120 valence electrons. The molecule has 2 rings (SSSR count). The number of likely N-dealkylation sites (tertiary alicyclic amines) is 1. The van der Waals surface area contributed by atoms with Crippen LogP contribution in [0.5, 0.6) is 0 Å². The Bertz CT molecular complexity index is 403. The average molecular weight is 296 g/mol. The van der Waals surface area contributed by atoms with E-state index in [0.29, 0.717) is 5.92 Å². The Morgan fingerprint density at radius 1 is 1.14 bits per heavy atom. The third-order valence-corrected chi connectivity index (χ3v) is 4.96. The number of piperidine rings is 1. The summed E-state index contributed by atoms with van der Waals surface area (Å²) in [6, 6.07) is -1.07. The Hall–Kier alpha value is -1.26. The van der Waals surface area contributed by atoms with Gasteiger partial charge in [-0.05, 0) is 30.1 Å². The van der Waals surface area contributed by atoms with Crippen LogP contribution in [0.15, 0.2) is 0 Å². The molecule has 0 spiro atoms. The van der Waals surface area contributed by atoms with Crippen molar-refractivity contribution >= 4 is 12.0 Å². The number of fused-ring (bicyclic) bond motifs is 1. The van der Waals surface area contributed by atoms with Gasteiger partial charge in [0.25, 0.3) is 0 Å². The maximum atomic E-state index is 12.4. The quantitative estimate of drug-likeness (QED) is 0.823. The molecule has 5 nitrogen and oxygen atoms in total. The number of aliphatic carboxylic acids is 1. The van der Waals surface area contributed by atoms with E-state index in [4.69, 9.17) is 0 Å². The number of nitrogens with one attached hydrogen (secondary N) is 1. The molecule has 1 heterocycles. The smallest absolute Gasteiger partial charge is 0.326 e. The van der Waals surface area contributed by atoms with Gasteiger partial charge < -0.3 is 15.3 Å². The number of urea groups is 1. The van der Waals surface area contributed by atoms with Gasteiger partial charge in [0.05, 0.1) is 0 Å². The fraction of sp³-hybridized carbons (Fsp3) is 0.875. The van der Waals surface area contributed by atoms with Gasteiger partial charge in [-0.2, -0.15) is 0 Å².